The normalized spacial score (nSPS) is 14.0. The van der Waals surface area contributed by atoms with Crippen LogP contribution in [0.25, 0.3) is 0 Å². The van der Waals surface area contributed by atoms with Gasteiger partial charge in [-0.2, -0.15) is 0 Å². The Labute approximate surface area is 638 Å². The molecule has 0 bridgehead atoms. The van der Waals surface area contributed by atoms with Crippen molar-refractivity contribution in [3.8, 4) is 0 Å². The highest BCUT2D eigenvalue weighted by molar-refractivity contribution is 7.47. The van der Waals surface area contributed by atoms with Crippen molar-refractivity contribution in [2.45, 2.75) is 477 Å². The molecule has 104 heavy (non-hydrogen) atoms. The highest BCUT2D eigenvalue weighted by Crippen LogP contribution is 2.45. The average molecular weight is 1520 g/mol. The van der Waals surface area contributed by atoms with Gasteiger partial charge in [-0.05, 0) is 31.6 Å². The highest BCUT2D eigenvalue weighted by Gasteiger charge is 2.30. The molecule has 19 heteroatoms. The smallest absolute Gasteiger partial charge is 0.462 e. The molecule has 0 radical (unpaired) electrons. The topological polar surface area (TPSA) is 237 Å². The molecule has 6 atom stereocenters. The lowest BCUT2D eigenvalue weighted by Gasteiger charge is -2.21. The summed E-state index contributed by atoms with van der Waals surface area (Å²) < 4.78 is 68.8. The molecule has 0 amide bonds. The van der Waals surface area contributed by atoms with Crippen LogP contribution in [-0.4, -0.2) is 96.7 Å². The number of aliphatic hydroxyl groups is 1. The molecular formula is C85H166O17P2. The molecule has 17 nitrogen and oxygen atoms in total. The van der Waals surface area contributed by atoms with E-state index in [-0.39, 0.29) is 25.7 Å². The Hall–Kier alpha value is -1.94. The largest absolute Gasteiger partial charge is 0.472 e. The number of ether oxygens (including phenoxy) is 4. The molecule has 0 spiro atoms. The van der Waals surface area contributed by atoms with Crippen molar-refractivity contribution >= 4 is 39.5 Å². The lowest BCUT2D eigenvalue weighted by atomic mass is 9.99. The number of phosphoric ester groups is 2. The summed E-state index contributed by atoms with van der Waals surface area (Å²) in [5, 5.41) is 10.7. The Morgan fingerprint density at radius 2 is 0.462 bits per heavy atom. The molecule has 0 aliphatic carbocycles. The van der Waals surface area contributed by atoms with E-state index in [1.807, 2.05) is 0 Å². The molecule has 0 aliphatic heterocycles. The maximum absolute atomic E-state index is 13.1. The van der Waals surface area contributed by atoms with Crippen LogP contribution in [0.4, 0.5) is 0 Å². The van der Waals surface area contributed by atoms with Crippen molar-refractivity contribution in [3.63, 3.8) is 0 Å². The van der Waals surface area contributed by atoms with E-state index < -0.39 is 97.5 Å². The second-order valence-corrected chi connectivity index (χ2v) is 33.7. The van der Waals surface area contributed by atoms with Crippen LogP contribution < -0.4 is 0 Å². The van der Waals surface area contributed by atoms with E-state index in [0.717, 1.165) is 95.8 Å². The first-order valence-corrected chi connectivity index (χ1v) is 47.2. The van der Waals surface area contributed by atoms with Gasteiger partial charge in [-0.25, -0.2) is 9.13 Å². The molecule has 0 saturated carbocycles. The molecule has 0 aromatic heterocycles. The van der Waals surface area contributed by atoms with E-state index >= 15 is 0 Å². The lowest BCUT2D eigenvalue weighted by molar-refractivity contribution is -0.161. The summed E-state index contributed by atoms with van der Waals surface area (Å²) in [6.45, 7) is 7.41. The monoisotopic (exact) mass is 1520 g/mol. The van der Waals surface area contributed by atoms with Crippen molar-refractivity contribution in [1.82, 2.24) is 0 Å². The Morgan fingerprint density at radius 1 is 0.269 bits per heavy atom. The number of phosphoric acid groups is 2. The lowest BCUT2D eigenvalue weighted by Crippen LogP contribution is -2.30. The van der Waals surface area contributed by atoms with Crippen LogP contribution in [0.1, 0.15) is 458 Å². The maximum Gasteiger partial charge on any atom is 0.472 e. The molecule has 0 aromatic carbocycles. The van der Waals surface area contributed by atoms with Crippen molar-refractivity contribution in [2.24, 2.45) is 5.92 Å². The maximum atomic E-state index is 13.1. The molecule has 0 heterocycles. The van der Waals surface area contributed by atoms with Crippen molar-refractivity contribution in [2.75, 3.05) is 39.6 Å². The van der Waals surface area contributed by atoms with Crippen LogP contribution >= 0.6 is 15.6 Å². The van der Waals surface area contributed by atoms with E-state index in [1.165, 1.54) is 283 Å². The van der Waals surface area contributed by atoms with Gasteiger partial charge in [0, 0.05) is 25.7 Å². The molecule has 0 aromatic rings. The Morgan fingerprint density at radius 3 is 0.683 bits per heavy atom. The summed E-state index contributed by atoms with van der Waals surface area (Å²) in [5.74, 6) is -1.23. The van der Waals surface area contributed by atoms with Gasteiger partial charge in [-0.15, -0.1) is 0 Å². The van der Waals surface area contributed by atoms with Gasteiger partial charge in [-0.1, -0.05) is 407 Å². The van der Waals surface area contributed by atoms with Crippen LogP contribution in [0.5, 0.6) is 0 Å². The predicted octanol–water partition coefficient (Wildman–Crippen LogP) is 26.0. The molecule has 3 N–H and O–H groups in total. The van der Waals surface area contributed by atoms with Crippen LogP contribution in [0.15, 0.2) is 0 Å². The highest BCUT2D eigenvalue weighted by atomic mass is 31.2. The second-order valence-electron chi connectivity index (χ2n) is 30.8. The molecule has 0 aliphatic rings. The first-order chi connectivity index (χ1) is 50.6. The van der Waals surface area contributed by atoms with Gasteiger partial charge in [-0.3, -0.25) is 37.3 Å². The molecule has 3 unspecified atom stereocenters. The van der Waals surface area contributed by atoms with Crippen molar-refractivity contribution in [3.05, 3.63) is 0 Å². The van der Waals surface area contributed by atoms with Crippen LogP contribution in [0.3, 0.4) is 0 Å². The number of carbonyl (C=O) groups excluding carboxylic acids is 4. The third kappa shape index (κ3) is 76.8. The molecule has 0 fully saturated rings. The third-order valence-electron chi connectivity index (χ3n) is 20.4. The summed E-state index contributed by atoms with van der Waals surface area (Å²) in [6, 6.07) is 0. The fourth-order valence-electron chi connectivity index (χ4n) is 13.3. The number of hydrogen-bond acceptors (Lipinski definition) is 15. The van der Waals surface area contributed by atoms with E-state index in [9.17, 15) is 43.2 Å². The Balaban J connectivity index is 5.20. The minimum Gasteiger partial charge on any atom is -0.462 e. The third-order valence-corrected chi connectivity index (χ3v) is 22.3. The fourth-order valence-corrected chi connectivity index (χ4v) is 14.8. The predicted molar refractivity (Wildman–Crippen MR) is 428 cm³/mol. The number of hydrogen-bond donors (Lipinski definition) is 3. The molecule has 0 rings (SSSR count). The average Bonchev–Trinajstić information content (AvgIpc) is 0.935. The quantitative estimate of drug-likeness (QED) is 0.0222. The number of unbranched alkanes of at least 4 members (excludes halogenated alkanes) is 56. The van der Waals surface area contributed by atoms with E-state index in [2.05, 4.69) is 34.6 Å². The summed E-state index contributed by atoms with van der Waals surface area (Å²) in [4.78, 5) is 73.1. The minimum atomic E-state index is -4.96. The van der Waals surface area contributed by atoms with Gasteiger partial charge >= 0.3 is 39.5 Å². The van der Waals surface area contributed by atoms with Crippen LogP contribution in [0, 0.1) is 5.92 Å². The van der Waals surface area contributed by atoms with Gasteiger partial charge in [0.05, 0.1) is 26.4 Å². The van der Waals surface area contributed by atoms with E-state index in [1.54, 1.807) is 0 Å². The van der Waals surface area contributed by atoms with Gasteiger partial charge < -0.3 is 33.8 Å². The molecule has 618 valence electrons. The number of aliphatic hydroxyl groups excluding tert-OH is 1. The fraction of sp³-hybridized carbons (Fsp3) is 0.953. The van der Waals surface area contributed by atoms with Crippen LogP contribution in [-0.2, 0) is 65.4 Å². The van der Waals surface area contributed by atoms with Gasteiger partial charge in [0.1, 0.15) is 19.3 Å². The molecule has 0 saturated heterocycles. The number of rotatable bonds is 85. The summed E-state index contributed by atoms with van der Waals surface area (Å²) >= 11 is 0. The standard InChI is InChI=1S/C85H166O17P2/c1-6-10-13-16-19-22-24-26-28-29-33-37-40-44-49-54-59-64-69-83(88)96-75-81(102-85(90)71-66-61-56-51-46-42-38-34-31-30-32-36-39-43-48-52-57-62-67-78(5)9-4)77-100-104(93,94)98-73-79(86)72-97-103(91,92)99-76-80(74-95-82(87)68-63-58-53-47-21-18-15-12-8-3)101-84(89)70-65-60-55-50-45-41-35-27-25-23-20-17-14-11-7-2/h78-81,86H,6-77H2,1-5H3,(H,91,92)(H,93,94)/t78?,79-,80+,81+/m0/s1. The first kappa shape index (κ1) is 102. The first-order valence-electron chi connectivity index (χ1n) is 44.2. The van der Waals surface area contributed by atoms with Gasteiger partial charge in [0.25, 0.3) is 0 Å². The van der Waals surface area contributed by atoms with Crippen molar-refractivity contribution in [1.29, 1.82) is 0 Å². The zero-order valence-electron chi connectivity index (χ0n) is 68.2. The Bertz CT molecular complexity index is 1980. The van der Waals surface area contributed by atoms with Crippen molar-refractivity contribution < 1.29 is 80.2 Å². The number of esters is 4. The number of carbonyl (C=O) groups is 4. The zero-order chi connectivity index (χ0) is 76.2. The van der Waals surface area contributed by atoms with Crippen LogP contribution in [0.2, 0.25) is 0 Å². The van der Waals surface area contributed by atoms with E-state index in [0.29, 0.717) is 25.7 Å². The summed E-state index contributed by atoms with van der Waals surface area (Å²) in [5.41, 5.74) is 0. The Kier molecular flexibility index (Phi) is 76.3. The molecular weight excluding hydrogens is 1350 g/mol. The zero-order valence-corrected chi connectivity index (χ0v) is 70.0. The van der Waals surface area contributed by atoms with Gasteiger partial charge in [0.2, 0.25) is 0 Å². The summed E-state index contributed by atoms with van der Waals surface area (Å²) in [6.07, 6.45) is 70.8. The van der Waals surface area contributed by atoms with Gasteiger partial charge in [0.15, 0.2) is 12.2 Å². The van der Waals surface area contributed by atoms with E-state index in [4.69, 9.17) is 37.0 Å². The minimum absolute atomic E-state index is 0.109. The second kappa shape index (κ2) is 77.8. The summed E-state index contributed by atoms with van der Waals surface area (Å²) in [7, 11) is -9.92. The SMILES string of the molecule is CCCCCCCCCCCCCCCCCCCCC(=O)OC[C@H](COP(=O)(O)OC[C@@H](O)COP(=O)(O)OC[C@@H](COC(=O)CCCCCCCCCCC)OC(=O)CCCCCCCCCCCCCCCCC)OC(=O)CCCCCCCCCCCCCCCCCCCCC(C)CC.